The molecule has 0 aliphatic rings. The minimum absolute atomic E-state index is 0.204. The third kappa shape index (κ3) is 3.60. The standard InChI is InChI=1S/C20H19N3O/c1-21-18-14-8-13-17(22-18)20(24)23-19(15-9-4-2-5-10-15)16-11-6-3-7-12-16/h2-14,19H,1H3,(H,21,22)(H,23,24). The zero-order valence-corrected chi connectivity index (χ0v) is 13.4. The Balaban J connectivity index is 1.91. The van der Waals surface area contributed by atoms with Gasteiger partial charge in [0.1, 0.15) is 11.5 Å². The molecule has 0 unspecified atom stereocenters. The molecule has 4 nitrogen and oxygen atoms in total. The molecule has 2 aromatic carbocycles. The minimum Gasteiger partial charge on any atom is -0.373 e. The smallest absolute Gasteiger partial charge is 0.270 e. The summed E-state index contributed by atoms with van der Waals surface area (Å²) in [7, 11) is 1.78. The first-order valence-corrected chi connectivity index (χ1v) is 7.83. The lowest BCUT2D eigenvalue weighted by Gasteiger charge is -2.19. The molecule has 24 heavy (non-hydrogen) atoms. The molecule has 0 spiro atoms. The molecule has 3 aromatic rings. The van der Waals surface area contributed by atoms with Crippen molar-refractivity contribution >= 4 is 11.7 Å². The number of nitrogens with zero attached hydrogens (tertiary/aromatic N) is 1. The predicted octanol–water partition coefficient (Wildman–Crippen LogP) is 3.64. The van der Waals surface area contributed by atoms with E-state index in [-0.39, 0.29) is 11.9 Å². The van der Waals surface area contributed by atoms with E-state index in [1.54, 1.807) is 13.1 Å². The lowest BCUT2D eigenvalue weighted by molar-refractivity contribution is 0.0938. The summed E-state index contributed by atoms with van der Waals surface area (Å²) in [5.41, 5.74) is 2.45. The van der Waals surface area contributed by atoms with Gasteiger partial charge in [-0.15, -0.1) is 0 Å². The fraction of sp³-hybridized carbons (Fsp3) is 0.100. The largest absolute Gasteiger partial charge is 0.373 e. The Hall–Kier alpha value is -3.14. The molecule has 120 valence electrons. The van der Waals surface area contributed by atoms with Gasteiger partial charge >= 0.3 is 0 Å². The SMILES string of the molecule is CNc1cccc(C(=O)NC(c2ccccc2)c2ccccc2)n1. The highest BCUT2D eigenvalue weighted by atomic mass is 16.1. The average molecular weight is 317 g/mol. The van der Waals surface area contributed by atoms with Gasteiger partial charge in [0.15, 0.2) is 0 Å². The van der Waals surface area contributed by atoms with Gasteiger partial charge in [0.25, 0.3) is 5.91 Å². The molecule has 2 N–H and O–H groups in total. The summed E-state index contributed by atoms with van der Waals surface area (Å²) in [5.74, 6) is 0.462. The zero-order chi connectivity index (χ0) is 16.8. The molecular weight excluding hydrogens is 298 g/mol. The highest BCUT2D eigenvalue weighted by Gasteiger charge is 2.18. The van der Waals surface area contributed by atoms with Crippen molar-refractivity contribution < 1.29 is 4.79 Å². The van der Waals surface area contributed by atoms with Gasteiger partial charge in [-0.05, 0) is 23.3 Å². The number of hydrogen-bond donors (Lipinski definition) is 2. The average Bonchev–Trinajstić information content (AvgIpc) is 2.67. The minimum atomic E-state index is -0.222. The van der Waals surface area contributed by atoms with Gasteiger partial charge in [-0.3, -0.25) is 4.79 Å². The van der Waals surface area contributed by atoms with Crippen LogP contribution < -0.4 is 10.6 Å². The van der Waals surface area contributed by atoms with Crippen molar-refractivity contribution in [1.29, 1.82) is 0 Å². The number of pyridine rings is 1. The van der Waals surface area contributed by atoms with Gasteiger partial charge in [0, 0.05) is 7.05 Å². The number of aromatic nitrogens is 1. The summed E-state index contributed by atoms with van der Waals surface area (Å²) in [5, 5.41) is 6.04. The quantitative estimate of drug-likeness (QED) is 0.755. The third-order valence-electron chi connectivity index (χ3n) is 3.78. The highest BCUT2D eigenvalue weighted by molar-refractivity contribution is 5.93. The molecular formula is C20H19N3O. The Bertz CT molecular complexity index is 764. The van der Waals surface area contributed by atoms with Gasteiger partial charge in [-0.25, -0.2) is 4.98 Å². The number of anilines is 1. The second-order valence-corrected chi connectivity index (χ2v) is 5.39. The number of nitrogens with one attached hydrogen (secondary N) is 2. The van der Waals surface area contributed by atoms with E-state index >= 15 is 0 Å². The molecule has 0 radical (unpaired) electrons. The fourth-order valence-electron chi connectivity index (χ4n) is 2.56. The predicted molar refractivity (Wildman–Crippen MR) is 96.0 cm³/mol. The van der Waals surface area contributed by atoms with Crippen LogP contribution in [0, 0.1) is 0 Å². The maximum atomic E-state index is 12.7. The number of benzene rings is 2. The molecule has 0 aliphatic heterocycles. The van der Waals surface area contributed by atoms with Crippen LogP contribution in [0.15, 0.2) is 78.9 Å². The fourth-order valence-corrected chi connectivity index (χ4v) is 2.56. The molecule has 1 aromatic heterocycles. The Morgan fingerprint density at radius 2 is 1.42 bits per heavy atom. The van der Waals surface area contributed by atoms with Crippen molar-refractivity contribution in [3.05, 3.63) is 95.7 Å². The van der Waals surface area contributed by atoms with Crippen molar-refractivity contribution in [3.8, 4) is 0 Å². The number of hydrogen-bond acceptors (Lipinski definition) is 3. The van der Waals surface area contributed by atoms with E-state index in [1.807, 2.05) is 72.8 Å². The maximum Gasteiger partial charge on any atom is 0.270 e. The van der Waals surface area contributed by atoms with E-state index in [9.17, 15) is 4.79 Å². The highest BCUT2D eigenvalue weighted by Crippen LogP contribution is 2.22. The Labute approximate surface area is 141 Å². The number of carbonyl (C=O) groups excluding carboxylic acids is 1. The Morgan fingerprint density at radius 1 is 0.833 bits per heavy atom. The van der Waals surface area contributed by atoms with Gasteiger partial charge in [0.05, 0.1) is 6.04 Å². The molecule has 3 rings (SSSR count). The van der Waals surface area contributed by atoms with E-state index in [0.717, 1.165) is 11.1 Å². The Kier molecular flexibility index (Phi) is 4.87. The number of rotatable bonds is 5. The van der Waals surface area contributed by atoms with E-state index in [0.29, 0.717) is 11.5 Å². The van der Waals surface area contributed by atoms with Crippen LogP contribution in [0.4, 0.5) is 5.82 Å². The lowest BCUT2D eigenvalue weighted by Crippen LogP contribution is -2.30. The van der Waals surface area contributed by atoms with Crippen molar-refractivity contribution in [1.82, 2.24) is 10.3 Å². The van der Waals surface area contributed by atoms with E-state index in [2.05, 4.69) is 15.6 Å². The number of amides is 1. The van der Waals surface area contributed by atoms with Crippen molar-refractivity contribution in [2.24, 2.45) is 0 Å². The zero-order valence-electron chi connectivity index (χ0n) is 13.4. The first-order valence-electron chi connectivity index (χ1n) is 7.83. The maximum absolute atomic E-state index is 12.7. The van der Waals surface area contributed by atoms with Gasteiger partial charge in [-0.1, -0.05) is 66.7 Å². The molecule has 0 bridgehead atoms. The van der Waals surface area contributed by atoms with Crippen LogP contribution in [0.5, 0.6) is 0 Å². The molecule has 0 aliphatic carbocycles. The molecule has 1 amide bonds. The van der Waals surface area contributed by atoms with Crippen molar-refractivity contribution in [2.45, 2.75) is 6.04 Å². The van der Waals surface area contributed by atoms with Crippen LogP contribution in [0.3, 0.4) is 0 Å². The van der Waals surface area contributed by atoms with Crippen LogP contribution in [-0.4, -0.2) is 17.9 Å². The molecule has 1 heterocycles. The molecule has 0 atom stereocenters. The third-order valence-corrected chi connectivity index (χ3v) is 3.78. The van der Waals surface area contributed by atoms with Crippen molar-refractivity contribution in [3.63, 3.8) is 0 Å². The normalized spacial score (nSPS) is 10.4. The summed E-state index contributed by atoms with van der Waals surface area (Å²) in [6.07, 6.45) is 0. The molecule has 0 fully saturated rings. The first kappa shape index (κ1) is 15.7. The lowest BCUT2D eigenvalue weighted by atomic mass is 9.98. The summed E-state index contributed by atoms with van der Waals surface area (Å²) in [4.78, 5) is 17.0. The molecule has 0 saturated carbocycles. The molecule has 4 heteroatoms. The Morgan fingerprint density at radius 3 is 1.96 bits per heavy atom. The second-order valence-electron chi connectivity index (χ2n) is 5.39. The summed E-state index contributed by atoms with van der Waals surface area (Å²) < 4.78 is 0. The van der Waals surface area contributed by atoms with Gasteiger partial charge < -0.3 is 10.6 Å². The van der Waals surface area contributed by atoms with E-state index in [4.69, 9.17) is 0 Å². The summed E-state index contributed by atoms with van der Waals surface area (Å²) in [6.45, 7) is 0. The van der Waals surface area contributed by atoms with Crippen LogP contribution in [0.1, 0.15) is 27.7 Å². The summed E-state index contributed by atoms with van der Waals surface area (Å²) in [6, 6.07) is 25.0. The second kappa shape index (κ2) is 7.42. The van der Waals surface area contributed by atoms with Crippen molar-refractivity contribution in [2.75, 3.05) is 12.4 Å². The summed E-state index contributed by atoms with van der Waals surface area (Å²) >= 11 is 0. The van der Waals surface area contributed by atoms with Crippen LogP contribution in [-0.2, 0) is 0 Å². The van der Waals surface area contributed by atoms with Crippen LogP contribution >= 0.6 is 0 Å². The van der Waals surface area contributed by atoms with E-state index < -0.39 is 0 Å². The first-order chi connectivity index (χ1) is 11.8. The van der Waals surface area contributed by atoms with Crippen LogP contribution in [0.25, 0.3) is 0 Å². The number of carbonyl (C=O) groups is 1. The van der Waals surface area contributed by atoms with Gasteiger partial charge in [-0.2, -0.15) is 0 Å². The topological polar surface area (TPSA) is 54.0 Å². The van der Waals surface area contributed by atoms with Crippen LogP contribution in [0.2, 0.25) is 0 Å². The monoisotopic (exact) mass is 317 g/mol. The molecule has 0 saturated heterocycles. The van der Waals surface area contributed by atoms with E-state index in [1.165, 1.54) is 0 Å². The van der Waals surface area contributed by atoms with Gasteiger partial charge in [0.2, 0.25) is 0 Å².